The fourth-order valence-corrected chi connectivity index (χ4v) is 1.64. The number of benzene rings is 1. The number of rotatable bonds is 3. The van der Waals surface area contributed by atoms with Gasteiger partial charge in [-0.05, 0) is 12.5 Å². The molecular weight excluding hydrogens is 214 g/mol. The minimum Gasteiger partial charge on any atom is -0.348 e. The number of hydrogen-bond acceptors (Lipinski definition) is 2. The largest absolute Gasteiger partial charge is 0.348 e. The van der Waals surface area contributed by atoms with Gasteiger partial charge in [0, 0.05) is 19.8 Å². The van der Waals surface area contributed by atoms with Crippen LogP contribution in [-0.2, 0) is 13.6 Å². The third kappa shape index (κ3) is 2.93. The number of nitrogens with one attached hydrogen (secondary N) is 1. The molecule has 0 aliphatic heterocycles. The Morgan fingerprint density at radius 3 is 2.94 bits per heavy atom. The summed E-state index contributed by atoms with van der Waals surface area (Å²) in [6.45, 7) is 2.57. The summed E-state index contributed by atoms with van der Waals surface area (Å²) < 4.78 is 1.61. The summed E-state index contributed by atoms with van der Waals surface area (Å²) in [5, 5.41) is 6.83. The van der Waals surface area contributed by atoms with Crippen molar-refractivity contribution in [3.8, 4) is 0 Å². The SMILES string of the molecule is Cc1cccc(CNC(=O)c2cnn(C)c2)c1. The third-order valence-electron chi connectivity index (χ3n) is 2.50. The topological polar surface area (TPSA) is 46.9 Å². The Labute approximate surface area is 100 Å². The second-order valence-corrected chi connectivity index (χ2v) is 4.07. The quantitative estimate of drug-likeness (QED) is 0.870. The van der Waals surface area contributed by atoms with Gasteiger partial charge in [0.15, 0.2) is 0 Å². The summed E-state index contributed by atoms with van der Waals surface area (Å²) in [7, 11) is 1.79. The van der Waals surface area contributed by atoms with Gasteiger partial charge in [0.25, 0.3) is 5.91 Å². The summed E-state index contributed by atoms with van der Waals surface area (Å²) in [6, 6.07) is 8.08. The van der Waals surface area contributed by atoms with Crippen LogP contribution in [0, 0.1) is 6.92 Å². The molecule has 1 amide bonds. The van der Waals surface area contributed by atoms with Crippen LogP contribution in [-0.4, -0.2) is 15.7 Å². The van der Waals surface area contributed by atoms with E-state index >= 15 is 0 Å². The van der Waals surface area contributed by atoms with E-state index in [9.17, 15) is 4.79 Å². The first kappa shape index (κ1) is 11.4. The molecule has 1 aromatic carbocycles. The molecule has 0 spiro atoms. The average Bonchev–Trinajstić information content (AvgIpc) is 2.73. The van der Waals surface area contributed by atoms with E-state index in [1.165, 1.54) is 5.56 Å². The van der Waals surface area contributed by atoms with Crippen LogP contribution in [0.4, 0.5) is 0 Å². The first-order valence-corrected chi connectivity index (χ1v) is 5.47. The van der Waals surface area contributed by atoms with Crippen molar-refractivity contribution < 1.29 is 4.79 Å². The maximum atomic E-state index is 11.8. The molecule has 0 atom stereocenters. The van der Waals surface area contributed by atoms with Gasteiger partial charge in [-0.1, -0.05) is 29.8 Å². The Kier molecular flexibility index (Phi) is 3.23. The van der Waals surface area contributed by atoms with E-state index < -0.39 is 0 Å². The Morgan fingerprint density at radius 1 is 1.47 bits per heavy atom. The molecule has 0 bridgehead atoms. The van der Waals surface area contributed by atoms with E-state index in [0.29, 0.717) is 12.1 Å². The molecule has 0 saturated heterocycles. The smallest absolute Gasteiger partial charge is 0.254 e. The fourth-order valence-electron chi connectivity index (χ4n) is 1.64. The van der Waals surface area contributed by atoms with E-state index in [-0.39, 0.29) is 5.91 Å². The summed E-state index contributed by atoms with van der Waals surface area (Å²) in [4.78, 5) is 11.8. The highest BCUT2D eigenvalue weighted by Gasteiger charge is 2.06. The Balaban J connectivity index is 1.97. The minimum absolute atomic E-state index is 0.0976. The van der Waals surface area contributed by atoms with E-state index in [2.05, 4.69) is 16.5 Å². The molecule has 2 aromatic rings. The molecule has 4 nitrogen and oxygen atoms in total. The van der Waals surface area contributed by atoms with Crippen molar-refractivity contribution in [1.82, 2.24) is 15.1 Å². The molecule has 17 heavy (non-hydrogen) atoms. The van der Waals surface area contributed by atoms with Crippen LogP contribution < -0.4 is 5.32 Å². The van der Waals surface area contributed by atoms with Crippen LogP contribution in [0.5, 0.6) is 0 Å². The predicted molar refractivity (Wildman–Crippen MR) is 65.6 cm³/mol. The first-order chi connectivity index (χ1) is 8.15. The van der Waals surface area contributed by atoms with Crippen molar-refractivity contribution in [2.75, 3.05) is 0 Å². The first-order valence-electron chi connectivity index (χ1n) is 5.47. The number of nitrogens with zero attached hydrogens (tertiary/aromatic N) is 2. The van der Waals surface area contributed by atoms with Gasteiger partial charge in [-0.15, -0.1) is 0 Å². The molecule has 0 aliphatic rings. The predicted octanol–water partition coefficient (Wildman–Crippen LogP) is 1.66. The van der Waals surface area contributed by atoms with Crippen molar-refractivity contribution in [2.45, 2.75) is 13.5 Å². The number of aromatic nitrogens is 2. The zero-order valence-corrected chi connectivity index (χ0v) is 9.97. The van der Waals surface area contributed by atoms with Crippen molar-refractivity contribution in [3.63, 3.8) is 0 Å². The Hall–Kier alpha value is -2.10. The second-order valence-electron chi connectivity index (χ2n) is 4.07. The number of carbonyl (C=O) groups excluding carboxylic acids is 1. The van der Waals surface area contributed by atoms with Crippen molar-refractivity contribution in [3.05, 3.63) is 53.3 Å². The van der Waals surface area contributed by atoms with Gasteiger partial charge < -0.3 is 5.32 Å². The lowest BCUT2D eigenvalue weighted by molar-refractivity contribution is 0.0951. The molecule has 4 heteroatoms. The normalized spacial score (nSPS) is 10.2. The lowest BCUT2D eigenvalue weighted by Crippen LogP contribution is -2.22. The molecule has 1 aromatic heterocycles. The molecular formula is C13H15N3O. The second kappa shape index (κ2) is 4.82. The summed E-state index contributed by atoms with van der Waals surface area (Å²) in [6.07, 6.45) is 3.26. The standard InChI is InChI=1S/C13H15N3O/c1-10-4-3-5-11(6-10)7-14-13(17)12-8-15-16(2)9-12/h3-6,8-9H,7H2,1-2H3,(H,14,17). The fraction of sp³-hybridized carbons (Fsp3) is 0.231. The van der Waals surface area contributed by atoms with Gasteiger partial charge in [-0.25, -0.2) is 0 Å². The van der Waals surface area contributed by atoms with E-state index in [0.717, 1.165) is 5.56 Å². The molecule has 2 rings (SSSR count). The van der Waals surface area contributed by atoms with Gasteiger partial charge in [-0.2, -0.15) is 5.10 Å². The highest BCUT2D eigenvalue weighted by molar-refractivity contribution is 5.93. The van der Waals surface area contributed by atoms with Crippen LogP contribution >= 0.6 is 0 Å². The maximum Gasteiger partial charge on any atom is 0.254 e. The molecule has 0 saturated carbocycles. The lowest BCUT2D eigenvalue weighted by Gasteiger charge is -2.04. The molecule has 88 valence electrons. The molecule has 1 heterocycles. The zero-order chi connectivity index (χ0) is 12.3. The van der Waals surface area contributed by atoms with Crippen LogP contribution in [0.3, 0.4) is 0 Å². The van der Waals surface area contributed by atoms with Gasteiger partial charge in [0.1, 0.15) is 0 Å². The van der Waals surface area contributed by atoms with Gasteiger partial charge >= 0.3 is 0 Å². The van der Waals surface area contributed by atoms with Crippen molar-refractivity contribution >= 4 is 5.91 Å². The number of aryl methyl sites for hydroxylation is 2. The number of amides is 1. The molecule has 1 N–H and O–H groups in total. The summed E-state index contributed by atoms with van der Waals surface area (Å²) in [5.41, 5.74) is 2.88. The van der Waals surface area contributed by atoms with Gasteiger partial charge in [0.2, 0.25) is 0 Å². The lowest BCUT2D eigenvalue weighted by atomic mass is 10.1. The van der Waals surface area contributed by atoms with Crippen LogP contribution in [0.1, 0.15) is 21.5 Å². The number of carbonyl (C=O) groups is 1. The minimum atomic E-state index is -0.0976. The van der Waals surface area contributed by atoms with E-state index in [1.807, 2.05) is 25.1 Å². The molecule has 0 radical (unpaired) electrons. The van der Waals surface area contributed by atoms with Gasteiger partial charge in [0.05, 0.1) is 11.8 Å². The van der Waals surface area contributed by atoms with Gasteiger partial charge in [-0.3, -0.25) is 9.48 Å². The van der Waals surface area contributed by atoms with E-state index in [1.54, 1.807) is 24.1 Å². The van der Waals surface area contributed by atoms with Crippen LogP contribution in [0.25, 0.3) is 0 Å². The highest BCUT2D eigenvalue weighted by atomic mass is 16.1. The molecule has 0 unspecified atom stereocenters. The Bertz CT molecular complexity index is 531. The summed E-state index contributed by atoms with van der Waals surface area (Å²) >= 11 is 0. The van der Waals surface area contributed by atoms with Crippen LogP contribution in [0.2, 0.25) is 0 Å². The summed E-state index contributed by atoms with van der Waals surface area (Å²) in [5.74, 6) is -0.0976. The maximum absolute atomic E-state index is 11.8. The monoisotopic (exact) mass is 229 g/mol. The number of hydrogen-bond donors (Lipinski definition) is 1. The zero-order valence-electron chi connectivity index (χ0n) is 9.97. The average molecular weight is 229 g/mol. The van der Waals surface area contributed by atoms with Crippen molar-refractivity contribution in [2.24, 2.45) is 7.05 Å². The Morgan fingerprint density at radius 2 is 2.29 bits per heavy atom. The highest BCUT2D eigenvalue weighted by Crippen LogP contribution is 2.04. The molecule has 0 fully saturated rings. The third-order valence-corrected chi connectivity index (χ3v) is 2.50. The molecule has 0 aliphatic carbocycles. The van der Waals surface area contributed by atoms with Crippen molar-refractivity contribution in [1.29, 1.82) is 0 Å². The van der Waals surface area contributed by atoms with Crippen LogP contribution in [0.15, 0.2) is 36.7 Å². The van der Waals surface area contributed by atoms with E-state index in [4.69, 9.17) is 0 Å².